The molecule has 4 N–H and O–H groups in total. The van der Waals surface area contributed by atoms with Gasteiger partial charge < -0.3 is 25.7 Å². The minimum absolute atomic E-state index is 0.132. The highest BCUT2D eigenvalue weighted by molar-refractivity contribution is 14.1. The first-order valence-corrected chi connectivity index (χ1v) is 7.33. The molecule has 22 heavy (non-hydrogen) atoms. The zero-order chi connectivity index (χ0) is 16.5. The second kappa shape index (κ2) is 9.07. The molecule has 0 aromatic heterocycles. The van der Waals surface area contributed by atoms with Crippen LogP contribution in [-0.2, 0) is 9.53 Å². The van der Waals surface area contributed by atoms with E-state index in [9.17, 15) is 4.79 Å². The van der Waals surface area contributed by atoms with Gasteiger partial charge in [-0.15, -0.1) is 5.10 Å². The molecule has 0 aliphatic heterocycles. The lowest BCUT2D eigenvalue weighted by atomic mass is 10.2. The molecule has 0 aliphatic carbocycles. The summed E-state index contributed by atoms with van der Waals surface area (Å²) >= 11 is 2.06. The fourth-order valence-electron chi connectivity index (χ4n) is 1.45. The third kappa shape index (κ3) is 5.76. The van der Waals surface area contributed by atoms with Gasteiger partial charge in [-0.25, -0.2) is 4.79 Å². The molecule has 9 heteroatoms. The largest absolute Gasteiger partial charge is 0.493 e. The number of carbonyl (C=O) groups is 1. The first-order chi connectivity index (χ1) is 10.5. The van der Waals surface area contributed by atoms with Gasteiger partial charge in [0.25, 0.3) is 0 Å². The predicted molar refractivity (Wildman–Crippen MR) is 91.2 cm³/mol. The Bertz CT molecular complexity index is 586. The van der Waals surface area contributed by atoms with Crippen LogP contribution in [0.15, 0.2) is 22.3 Å². The van der Waals surface area contributed by atoms with Crippen LogP contribution in [0.25, 0.3) is 0 Å². The minimum Gasteiger partial charge on any atom is -0.493 e. The molecular formula is C13H17IN4O4. The van der Waals surface area contributed by atoms with Gasteiger partial charge >= 0.3 is 5.97 Å². The van der Waals surface area contributed by atoms with Gasteiger partial charge in [0.1, 0.15) is 0 Å². The Morgan fingerprint density at radius 3 is 2.73 bits per heavy atom. The van der Waals surface area contributed by atoms with Crippen molar-refractivity contribution < 1.29 is 19.0 Å². The van der Waals surface area contributed by atoms with E-state index in [0.717, 1.165) is 9.13 Å². The van der Waals surface area contributed by atoms with Gasteiger partial charge in [0, 0.05) is 0 Å². The van der Waals surface area contributed by atoms with Crippen molar-refractivity contribution in [3.63, 3.8) is 0 Å². The second-order valence-electron chi connectivity index (χ2n) is 3.90. The van der Waals surface area contributed by atoms with E-state index in [-0.39, 0.29) is 12.6 Å². The van der Waals surface area contributed by atoms with E-state index in [1.807, 2.05) is 0 Å². The number of carbonyl (C=O) groups excluding carboxylic acids is 1. The molecule has 0 saturated carbocycles. The summed E-state index contributed by atoms with van der Waals surface area (Å²) in [6.45, 7) is 1.84. The zero-order valence-electron chi connectivity index (χ0n) is 12.2. The van der Waals surface area contributed by atoms with Gasteiger partial charge in [0.05, 0.1) is 23.5 Å². The number of hydrogen-bond acceptors (Lipinski definition) is 6. The van der Waals surface area contributed by atoms with E-state index in [1.54, 1.807) is 19.1 Å². The highest BCUT2D eigenvalue weighted by Crippen LogP contribution is 2.33. The minimum atomic E-state index is -0.446. The first kappa shape index (κ1) is 18.0. The molecule has 0 spiro atoms. The average molecular weight is 420 g/mol. The number of rotatable bonds is 7. The Morgan fingerprint density at radius 2 is 2.14 bits per heavy atom. The Hall–Kier alpha value is -2.04. The lowest BCUT2D eigenvalue weighted by Crippen LogP contribution is -2.21. The predicted octanol–water partition coefficient (Wildman–Crippen LogP) is 0.849. The summed E-state index contributed by atoms with van der Waals surface area (Å²) in [5.41, 5.74) is 11.1. The molecular weight excluding hydrogens is 403 g/mol. The molecule has 0 bridgehead atoms. The normalized spacial score (nSPS) is 10.3. The van der Waals surface area contributed by atoms with Gasteiger partial charge in [-0.1, -0.05) is 0 Å². The lowest BCUT2D eigenvalue weighted by Gasteiger charge is -2.12. The molecule has 120 valence electrons. The van der Waals surface area contributed by atoms with Crippen molar-refractivity contribution in [1.82, 2.24) is 0 Å². The molecule has 0 atom stereocenters. The first-order valence-electron chi connectivity index (χ1n) is 6.25. The summed E-state index contributed by atoms with van der Waals surface area (Å²) in [6.07, 6.45) is 1.47. The molecule has 0 amide bonds. The summed E-state index contributed by atoms with van der Waals surface area (Å²) in [7, 11) is 1.50. The Kier molecular flexibility index (Phi) is 7.43. The number of hydrogen-bond donors (Lipinski definition) is 2. The van der Waals surface area contributed by atoms with E-state index in [4.69, 9.17) is 25.7 Å². The third-order valence-corrected chi connectivity index (χ3v) is 3.07. The van der Waals surface area contributed by atoms with Crippen LogP contribution in [0.1, 0.15) is 12.5 Å². The van der Waals surface area contributed by atoms with E-state index < -0.39 is 5.97 Å². The van der Waals surface area contributed by atoms with Crippen molar-refractivity contribution in [2.24, 2.45) is 21.7 Å². The van der Waals surface area contributed by atoms with Crippen LogP contribution in [-0.4, -0.2) is 38.5 Å². The Balaban J connectivity index is 2.93. The van der Waals surface area contributed by atoms with Crippen molar-refractivity contribution in [2.45, 2.75) is 6.92 Å². The number of guanidine groups is 1. The van der Waals surface area contributed by atoms with Crippen LogP contribution in [0.2, 0.25) is 0 Å². The van der Waals surface area contributed by atoms with Crippen LogP contribution < -0.4 is 20.9 Å². The highest BCUT2D eigenvalue weighted by atomic mass is 127. The number of methoxy groups -OCH3 is 1. The summed E-state index contributed by atoms with van der Waals surface area (Å²) in [5.74, 6) is 0.337. The Morgan fingerprint density at radius 1 is 1.41 bits per heavy atom. The monoisotopic (exact) mass is 420 g/mol. The Labute approximate surface area is 141 Å². The molecule has 8 nitrogen and oxygen atoms in total. The van der Waals surface area contributed by atoms with Crippen LogP contribution in [0.5, 0.6) is 11.5 Å². The fraction of sp³-hybridized carbons (Fsp3) is 0.308. The van der Waals surface area contributed by atoms with Crippen molar-refractivity contribution in [1.29, 1.82) is 0 Å². The number of nitrogens with two attached hydrogens (primary N) is 2. The van der Waals surface area contributed by atoms with Gasteiger partial charge in [-0.05, 0) is 47.2 Å². The maximum Gasteiger partial charge on any atom is 0.344 e. The average Bonchev–Trinajstić information content (AvgIpc) is 2.45. The quantitative estimate of drug-likeness (QED) is 0.222. The maximum atomic E-state index is 11.3. The number of esters is 1. The molecule has 1 rings (SSSR count). The van der Waals surface area contributed by atoms with Crippen LogP contribution in [0, 0.1) is 3.57 Å². The molecule has 0 heterocycles. The number of nitrogens with zero attached hydrogens (tertiary/aromatic N) is 2. The molecule has 0 aliphatic rings. The highest BCUT2D eigenvalue weighted by Gasteiger charge is 2.13. The number of benzene rings is 1. The van der Waals surface area contributed by atoms with Crippen molar-refractivity contribution in [2.75, 3.05) is 20.3 Å². The number of halogens is 1. The topological polar surface area (TPSA) is 122 Å². The molecule has 0 fully saturated rings. The van der Waals surface area contributed by atoms with E-state index in [1.165, 1.54) is 13.3 Å². The van der Waals surface area contributed by atoms with Gasteiger partial charge in [-0.3, -0.25) is 0 Å². The summed E-state index contributed by atoms with van der Waals surface area (Å²) in [4.78, 5) is 11.3. The van der Waals surface area contributed by atoms with Crippen LogP contribution >= 0.6 is 22.6 Å². The van der Waals surface area contributed by atoms with E-state index in [0.29, 0.717) is 18.1 Å². The standard InChI is InChI=1S/C13H17IN4O4/c1-3-21-11(19)7-22-12-9(14)4-8(5-10(12)20-2)6-17-18-13(15)16/h4-6H,3,7H2,1-2H3,(H4,15,16,18). The zero-order valence-corrected chi connectivity index (χ0v) is 14.4. The van der Waals surface area contributed by atoms with Crippen molar-refractivity contribution in [3.8, 4) is 11.5 Å². The maximum absolute atomic E-state index is 11.3. The van der Waals surface area contributed by atoms with Gasteiger partial charge in [0.2, 0.25) is 5.96 Å². The summed E-state index contributed by atoms with van der Waals surface area (Å²) in [5, 5.41) is 7.24. The van der Waals surface area contributed by atoms with Gasteiger partial charge in [0.15, 0.2) is 18.1 Å². The van der Waals surface area contributed by atoms with Crippen molar-refractivity contribution in [3.05, 3.63) is 21.3 Å². The molecule has 0 saturated heterocycles. The smallest absolute Gasteiger partial charge is 0.344 e. The molecule has 1 aromatic carbocycles. The fourth-order valence-corrected chi connectivity index (χ4v) is 2.23. The van der Waals surface area contributed by atoms with Crippen LogP contribution in [0.4, 0.5) is 0 Å². The van der Waals surface area contributed by atoms with Crippen molar-refractivity contribution >= 4 is 40.7 Å². The third-order valence-electron chi connectivity index (χ3n) is 2.27. The van der Waals surface area contributed by atoms with Crippen LogP contribution in [0.3, 0.4) is 0 Å². The molecule has 0 unspecified atom stereocenters. The second-order valence-corrected chi connectivity index (χ2v) is 5.06. The summed E-state index contributed by atoms with van der Waals surface area (Å²) in [6, 6.07) is 3.48. The SMILES string of the molecule is CCOC(=O)COc1c(I)cc(C=NN=C(N)N)cc1OC. The summed E-state index contributed by atoms with van der Waals surface area (Å²) < 4.78 is 16.3. The van der Waals surface area contributed by atoms with E-state index >= 15 is 0 Å². The van der Waals surface area contributed by atoms with E-state index in [2.05, 4.69) is 32.8 Å². The number of ether oxygens (including phenoxy) is 3. The lowest BCUT2D eigenvalue weighted by molar-refractivity contribution is -0.145. The molecule has 0 radical (unpaired) electrons. The molecule has 1 aromatic rings. The van der Waals surface area contributed by atoms with Gasteiger partial charge in [-0.2, -0.15) is 5.10 Å².